The molecule has 4 heteroatoms. The molecule has 1 aromatic heterocycles. The molecule has 1 aromatic rings. The Bertz CT molecular complexity index is 387. The van der Waals surface area contributed by atoms with Crippen molar-refractivity contribution in [3.63, 3.8) is 0 Å². The van der Waals surface area contributed by atoms with E-state index in [9.17, 15) is 4.79 Å². The number of rotatable bonds is 3. The molecule has 2 rings (SSSR count). The third-order valence-corrected chi connectivity index (χ3v) is 3.28. The molecular formula is C13H20N2O2. The van der Waals surface area contributed by atoms with Crippen molar-refractivity contribution in [1.29, 1.82) is 0 Å². The minimum Gasteiger partial charge on any atom is -0.467 e. The number of hydrogen-bond acceptors (Lipinski definition) is 3. The Morgan fingerprint density at radius 2 is 2.35 bits per heavy atom. The van der Waals surface area contributed by atoms with E-state index in [4.69, 9.17) is 4.42 Å². The number of carbonyl (C=O) groups is 1. The van der Waals surface area contributed by atoms with Gasteiger partial charge in [0.05, 0.1) is 18.3 Å². The Morgan fingerprint density at radius 3 is 3.06 bits per heavy atom. The van der Waals surface area contributed by atoms with Crippen LogP contribution >= 0.6 is 0 Å². The van der Waals surface area contributed by atoms with Gasteiger partial charge in [-0.3, -0.25) is 10.1 Å². The van der Waals surface area contributed by atoms with Gasteiger partial charge >= 0.3 is 0 Å². The van der Waals surface area contributed by atoms with Crippen molar-refractivity contribution < 1.29 is 9.21 Å². The minimum atomic E-state index is -0.100. The summed E-state index contributed by atoms with van der Waals surface area (Å²) >= 11 is 0. The fourth-order valence-corrected chi connectivity index (χ4v) is 2.30. The van der Waals surface area contributed by atoms with E-state index < -0.39 is 0 Å². The van der Waals surface area contributed by atoms with Gasteiger partial charge in [-0.1, -0.05) is 0 Å². The standard InChI is InChI=1S/C13H20N2O2/c1-9-6-8-17-12(9)10(2)15-11-5-3-4-7-14-13(11)16/h6,8,10-11,15H,3-5,7H2,1-2H3,(H,14,16)/t10-,11+/m1/s1. The normalized spacial score (nSPS) is 22.9. The Balaban J connectivity index is 2.00. The molecule has 1 aliphatic rings. The smallest absolute Gasteiger partial charge is 0.237 e. The Kier molecular flexibility index (Phi) is 3.84. The zero-order valence-corrected chi connectivity index (χ0v) is 10.5. The lowest BCUT2D eigenvalue weighted by Crippen LogP contribution is -2.43. The summed E-state index contributed by atoms with van der Waals surface area (Å²) in [6.45, 7) is 4.85. The van der Waals surface area contributed by atoms with E-state index >= 15 is 0 Å². The second-order valence-electron chi connectivity index (χ2n) is 4.70. The summed E-state index contributed by atoms with van der Waals surface area (Å²) in [5, 5.41) is 6.27. The van der Waals surface area contributed by atoms with Gasteiger partial charge in [-0.25, -0.2) is 0 Å². The first-order chi connectivity index (χ1) is 8.18. The number of nitrogens with one attached hydrogen (secondary N) is 2. The summed E-state index contributed by atoms with van der Waals surface area (Å²) < 4.78 is 5.44. The molecule has 0 unspecified atom stereocenters. The zero-order valence-electron chi connectivity index (χ0n) is 10.5. The second-order valence-corrected chi connectivity index (χ2v) is 4.70. The van der Waals surface area contributed by atoms with E-state index in [2.05, 4.69) is 10.6 Å². The van der Waals surface area contributed by atoms with Crippen LogP contribution in [0.15, 0.2) is 16.7 Å². The number of carbonyl (C=O) groups excluding carboxylic acids is 1. The van der Waals surface area contributed by atoms with E-state index in [0.717, 1.165) is 37.1 Å². The lowest BCUT2D eigenvalue weighted by molar-refractivity contribution is -0.123. The summed E-state index contributed by atoms with van der Waals surface area (Å²) in [6, 6.07) is 1.91. The summed E-state index contributed by atoms with van der Waals surface area (Å²) in [5.41, 5.74) is 1.12. The molecule has 0 spiro atoms. The van der Waals surface area contributed by atoms with Gasteiger partial charge in [0.25, 0.3) is 0 Å². The Hall–Kier alpha value is -1.29. The number of amides is 1. The molecular weight excluding hydrogens is 216 g/mol. The molecule has 0 saturated carbocycles. The molecule has 4 nitrogen and oxygen atoms in total. The predicted molar refractivity (Wildman–Crippen MR) is 65.6 cm³/mol. The van der Waals surface area contributed by atoms with E-state index in [1.165, 1.54) is 0 Å². The first-order valence-corrected chi connectivity index (χ1v) is 6.26. The molecule has 2 heterocycles. The SMILES string of the molecule is Cc1ccoc1[C@@H](C)N[C@H]1CCCCNC1=O. The molecule has 0 aliphatic carbocycles. The van der Waals surface area contributed by atoms with Crippen molar-refractivity contribution in [2.75, 3.05) is 6.54 Å². The summed E-state index contributed by atoms with van der Waals surface area (Å²) in [7, 11) is 0. The van der Waals surface area contributed by atoms with Crippen molar-refractivity contribution >= 4 is 5.91 Å². The molecule has 1 amide bonds. The summed E-state index contributed by atoms with van der Waals surface area (Å²) in [4.78, 5) is 11.8. The molecule has 1 fully saturated rings. The van der Waals surface area contributed by atoms with Crippen LogP contribution in [0.2, 0.25) is 0 Å². The van der Waals surface area contributed by atoms with Crippen LogP contribution in [0.25, 0.3) is 0 Å². The Morgan fingerprint density at radius 1 is 1.53 bits per heavy atom. The maximum absolute atomic E-state index is 11.8. The Labute approximate surface area is 102 Å². The first-order valence-electron chi connectivity index (χ1n) is 6.26. The highest BCUT2D eigenvalue weighted by molar-refractivity contribution is 5.81. The fourth-order valence-electron chi connectivity index (χ4n) is 2.30. The molecule has 0 aromatic carbocycles. The van der Waals surface area contributed by atoms with Crippen molar-refractivity contribution in [2.24, 2.45) is 0 Å². The van der Waals surface area contributed by atoms with E-state index in [-0.39, 0.29) is 18.0 Å². The average molecular weight is 236 g/mol. The van der Waals surface area contributed by atoms with Crippen LogP contribution in [-0.2, 0) is 4.79 Å². The third kappa shape index (κ3) is 2.88. The number of aryl methyl sites for hydroxylation is 1. The van der Waals surface area contributed by atoms with Crippen LogP contribution < -0.4 is 10.6 Å². The van der Waals surface area contributed by atoms with Gasteiger partial charge < -0.3 is 9.73 Å². The average Bonchev–Trinajstić information content (AvgIpc) is 2.63. The second kappa shape index (κ2) is 5.36. The highest BCUT2D eigenvalue weighted by Crippen LogP contribution is 2.19. The van der Waals surface area contributed by atoms with Gasteiger partial charge in [-0.05, 0) is 44.7 Å². The topological polar surface area (TPSA) is 54.3 Å². The minimum absolute atomic E-state index is 0.0684. The van der Waals surface area contributed by atoms with Crippen LogP contribution in [0.4, 0.5) is 0 Å². The van der Waals surface area contributed by atoms with Gasteiger partial charge in [0.2, 0.25) is 5.91 Å². The molecule has 94 valence electrons. The number of hydrogen-bond donors (Lipinski definition) is 2. The van der Waals surface area contributed by atoms with E-state index in [0.29, 0.717) is 0 Å². The highest BCUT2D eigenvalue weighted by atomic mass is 16.3. The first kappa shape index (κ1) is 12.2. The largest absolute Gasteiger partial charge is 0.467 e. The van der Waals surface area contributed by atoms with Crippen molar-refractivity contribution in [3.8, 4) is 0 Å². The monoisotopic (exact) mass is 236 g/mol. The van der Waals surface area contributed by atoms with Crippen LogP contribution in [0.5, 0.6) is 0 Å². The molecule has 2 atom stereocenters. The molecule has 0 radical (unpaired) electrons. The molecule has 17 heavy (non-hydrogen) atoms. The van der Waals surface area contributed by atoms with Crippen molar-refractivity contribution in [3.05, 3.63) is 23.7 Å². The van der Waals surface area contributed by atoms with Crippen LogP contribution in [0.1, 0.15) is 43.6 Å². The van der Waals surface area contributed by atoms with Gasteiger partial charge in [-0.2, -0.15) is 0 Å². The van der Waals surface area contributed by atoms with E-state index in [1.54, 1.807) is 6.26 Å². The fraction of sp³-hybridized carbons (Fsp3) is 0.615. The predicted octanol–water partition coefficient (Wildman–Crippen LogP) is 1.91. The lowest BCUT2D eigenvalue weighted by atomic mass is 10.1. The maximum atomic E-state index is 11.8. The van der Waals surface area contributed by atoms with Crippen LogP contribution in [0, 0.1) is 6.92 Å². The van der Waals surface area contributed by atoms with Gasteiger partial charge in [0.15, 0.2) is 0 Å². The molecule has 2 N–H and O–H groups in total. The highest BCUT2D eigenvalue weighted by Gasteiger charge is 2.23. The van der Waals surface area contributed by atoms with Crippen LogP contribution in [0.3, 0.4) is 0 Å². The van der Waals surface area contributed by atoms with Gasteiger partial charge in [0, 0.05) is 6.54 Å². The lowest BCUT2D eigenvalue weighted by Gasteiger charge is -2.20. The zero-order chi connectivity index (χ0) is 12.3. The summed E-state index contributed by atoms with van der Waals surface area (Å²) in [5.74, 6) is 1.03. The van der Waals surface area contributed by atoms with Crippen molar-refractivity contribution in [1.82, 2.24) is 10.6 Å². The summed E-state index contributed by atoms with van der Waals surface area (Å²) in [6.07, 6.45) is 4.74. The quantitative estimate of drug-likeness (QED) is 0.843. The van der Waals surface area contributed by atoms with E-state index in [1.807, 2.05) is 19.9 Å². The van der Waals surface area contributed by atoms with Gasteiger partial charge in [0.1, 0.15) is 5.76 Å². The molecule has 0 bridgehead atoms. The third-order valence-electron chi connectivity index (χ3n) is 3.28. The molecule has 1 saturated heterocycles. The van der Waals surface area contributed by atoms with Crippen molar-refractivity contribution in [2.45, 2.75) is 45.2 Å². The maximum Gasteiger partial charge on any atom is 0.237 e. The van der Waals surface area contributed by atoms with Gasteiger partial charge in [-0.15, -0.1) is 0 Å². The van der Waals surface area contributed by atoms with Crippen LogP contribution in [-0.4, -0.2) is 18.5 Å². The number of furan rings is 1. The molecule has 1 aliphatic heterocycles.